The number of nitrogens with zero attached hydrogens (tertiary/aromatic N) is 3. The fourth-order valence-corrected chi connectivity index (χ4v) is 4.16. The smallest absolute Gasteiger partial charge is 0.128 e. The monoisotopic (exact) mass is 442 g/mol. The molecule has 0 fully saturated rings. The number of halogens is 2. The summed E-state index contributed by atoms with van der Waals surface area (Å²) in [5, 5.41) is 12.1. The second kappa shape index (κ2) is 7.96. The number of H-pyrrole nitrogens is 1. The molecule has 0 aliphatic rings. The molecule has 4 nitrogen and oxygen atoms in total. The maximum Gasteiger partial charge on any atom is 0.128 e. The lowest BCUT2D eigenvalue weighted by atomic mass is 10.0. The van der Waals surface area contributed by atoms with Crippen molar-refractivity contribution in [3.05, 3.63) is 100 Å². The number of hydrogen-bond acceptors (Lipinski definition) is 2. The molecule has 0 aliphatic heterocycles. The Hall–Kier alpha value is -3.52. The minimum Gasteiger partial charge on any atom is -0.346 e. The predicted molar refractivity (Wildman–Crippen MR) is 125 cm³/mol. The molecule has 0 spiro atoms. The van der Waals surface area contributed by atoms with E-state index in [2.05, 4.69) is 15.6 Å². The van der Waals surface area contributed by atoms with Gasteiger partial charge in [0.1, 0.15) is 11.8 Å². The average Bonchev–Trinajstić information content (AvgIpc) is 3.36. The normalized spacial score (nSPS) is 11.0. The fraction of sp³-hybridized carbons (Fsp3) is 0.0400. The van der Waals surface area contributed by atoms with E-state index in [-0.39, 0.29) is 0 Å². The van der Waals surface area contributed by atoms with E-state index in [1.54, 1.807) is 0 Å². The summed E-state index contributed by atoms with van der Waals surface area (Å²) in [6.07, 6.45) is 1.82. The van der Waals surface area contributed by atoms with Gasteiger partial charge in [-0.2, -0.15) is 5.26 Å². The lowest BCUT2D eigenvalue weighted by Gasteiger charge is -2.11. The van der Waals surface area contributed by atoms with Crippen molar-refractivity contribution in [3.8, 4) is 28.6 Å². The fourth-order valence-electron chi connectivity index (χ4n) is 3.86. The molecular weight excluding hydrogens is 427 g/mol. The van der Waals surface area contributed by atoms with Crippen molar-refractivity contribution < 1.29 is 0 Å². The number of benzene rings is 3. The molecule has 0 saturated heterocycles. The van der Waals surface area contributed by atoms with Gasteiger partial charge in [-0.05, 0) is 29.8 Å². The van der Waals surface area contributed by atoms with Crippen molar-refractivity contribution in [2.24, 2.45) is 0 Å². The predicted octanol–water partition coefficient (Wildman–Crippen LogP) is 6.93. The molecule has 0 saturated carbocycles. The van der Waals surface area contributed by atoms with E-state index in [1.165, 1.54) is 0 Å². The molecular formula is C25H16Cl2N4. The van der Waals surface area contributed by atoms with Crippen LogP contribution in [-0.4, -0.2) is 14.5 Å². The topological polar surface area (TPSA) is 57.4 Å². The van der Waals surface area contributed by atoms with Gasteiger partial charge in [0.15, 0.2) is 0 Å². The summed E-state index contributed by atoms with van der Waals surface area (Å²) < 4.78 is 2.07. The first kappa shape index (κ1) is 19.4. The molecule has 1 N–H and O–H groups in total. The zero-order valence-corrected chi connectivity index (χ0v) is 17.8. The number of aromatic amines is 1. The number of nitrogens with one attached hydrogen (secondary N) is 1. The highest BCUT2D eigenvalue weighted by Gasteiger charge is 2.22. The molecule has 150 valence electrons. The third-order valence-corrected chi connectivity index (χ3v) is 5.75. The summed E-state index contributed by atoms with van der Waals surface area (Å²) in [5.74, 6) is 0. The molecule has 0 radical (unpaired) electrons. The Labute approximate surface area is 189 Å². The summed E-state index contributed by atoms with van der Waals surface area (Å²) in [4.78, 5) is 7.96. The van der Waals surface area contributed by atoms with Gasteiger partial charge in [-0.25, -0.2) is 4.98 Å². The highest BCUT2D eigenvalue weighted by atomic mass is 35.5. The molecule has 6 heteroatoms. The number of fused-ring (bicyclic) bond motifs is 1. The Balaban J connectivity index is 1.77. The standard InChI is InChI=1S/C25H16Cl2N4/c26-18-8-6-16(7-9-18)14-31-15-29-24(17-4-2-1-3-5-17)25(31)23-20-11-10-19(27)12-21(20)30-22(23)13-28/h1-12,15,30H,14H2. The Morgan fingerprint density at radius 1 is 0.935 bits per heavy atom. The van der Waals surface area contributed by atoms with E-state index in [4.69, 9.17) is 28.2 Å². The quantitative estimate of drug-likeness (QED) is 0.328. The van der Waals surface area contributed by atoms with E-state index >= 15 is 0 Å². The van der Waals surface area contributed by atoms with Gasteiger partial charge in [-0.1, -0.05) is 71.7 Å². The van der Waals surface area contributed by atoms with Crippen LogP contribution < -0.4 is 0 Å². The molecule has 31 heavy (non-hydrogen) atoms. The van der Waals surface area contributed by atoms with Crippen LogP contribution in [-0.2, 0) is 6.54 Å². The zero-order chi connectivity index (χ0) is 21.4. The van der Waals surface area contributed by atoms with E-state index in [1.807, 2.05) is 79.1 Å². The van der Waals surface area contributed by atoms with Crippen molar-refractivity contribution in [2.75, 3.05) is 0 Å². The Bertz CT molecular complexity index is 1420. The maximum atomic E-state index is 9.90. The molecule has 0 unspecified atom stereocenters. The van der Waals surface area contributed by atoms with Crippen LogP contribution >= 0.6 is 23.2 Å². The van der Waals surface area contributed by atoms with Crippen LogP contribution in [0.25, 0.3) is 33.4 Å². The van der Waals surface area contributed by atoms with Gasteiger partial charge in [-0.3, -0.25) is 0 Å². The average molecular weight is 443 g/mol. The SMILES string of the molecule is N#Cc1[nH]c2cc(Cl)ccc2c1-c1c(-c2ccccc2)ncn1Cc1ccc(Cl)cc1. The molecule has 2 aromatic heterocycles. The minimum absolute atomic E-state index is 0.479. The van der Waals surface area contributed by atoms with Crippen molar-refractivity contribution in [1.29, 1.82) is 5.26 Å². The summed E-state index contributed by atoms with van der Waals surface area (Å²) >= 11 is 12.3. The van der Waals surface area contributed by atoms with Gasteiger partial charge in [0.2, 0.25) is 0 Å². The van der Waals surface area contributed by atoms with Crippen molar-refractivity contribution in [3.63, 3.8) is 0 Å². The summed E-state index contributed by atoms with van der Waals surface area (Å²) in [7, 11) is 0. The van der Waals surface area contributed by atoms with Gasteiger partial charge >= 0.3 is 0 Å². The second-order valence-corrected chi connectivity index (χ2v) is 8.11. The third-order valence-electron chi connectivity index (χ3n) is 5.26. The minimum atomic E-state index is 0.479. The highest BCUT2D eigenvalue weighted by molar-refractivity contribution is 6.31. The number of aromatic nitrogens is 3. The van der Waals surface area contributed by atoms with E-state index in [9.17, 15) is 5.26 Å². The molecule has 0 bridgehead atoms. The van der Waals surface area contributed by atoms with Crippen molar-refractivity contribution >= 4 is 34.1 Å². The first-order valence-electron chi connectivity index (χ1n) is 9.71. The molecule has 5 rings (SSSR count). The molecule has 5 aromatic rings. The summed E-state index contributed by atoms with van der Waals surface area (Å²) in [6.45, 7) is 0.595. The maximum absolute atomic E-state index is 9.90. The summed E-state index contributed by atoms with van der Waals surface area (Å²) in [6, 6.07) is 25.7. The van der Waals surface area contributed by atoms with Crippen molar-refractivity contribution in [1.82, 2.24) is 14.5 Å². The third kappa shape index (κ3) is 3.59. The van der Waals surface area contributed by atoms with Gasteiger partial charge in [0.05, 0.1) is 17.7 Å². The number of rotatable bonds is 4. The Morgan fingerprint density at radius 2 is 1.68 bits per heavy atom. The second-order valence-electron chi connectivity index (χ2n) is 7.24. The van der Waals surface area contributed by atoms with Crippen LogP contribution in [0.5, 0.6) is 0 Å². The largest absolute Gasteiger partial charge is 0.346 e. The van der Waals surface area contributed by atoms with Gasteiger partial charge < -0.3 is 9.55 Å². The van der Waals surface area contributed by atoms with Crippen LogP contribution in [0.4, 0.5) is 0 Å². The van der Waals surface area contributed by atoms with Crippen LogP contribution in [0.2, 0.25) is 10.0 Å². The first-order chi connectivity index (χ1) is 15.1. The van der Waals surface area contributed by atoms with Crippen LogP contribution in [0, 0.1) is 11.3 Å². The number of nitriles is 1. The van der Waals surface area contributed by atoms with Crippen LogP contribution in [0.1, 0.15) is 11.3 Å². The van der Waals surface area contributed by atoms with Crippen LogP contribution in [0.3, 0.4) is 0 Å². The van der Waals surface area contributed by atoms with E-state index in [0.717, 1.165) is 39.0 Å². The Kier molecular flexibility index (Phi) is 4.99. The lowest BCUT2D eigenvalue weighted by molar-refractivity contribution is 0.805. The van der Waals surface area contributed by atoms with E-state index < -0.39 is 0 Å². The molecule has 2 heterocycles. The molecule has 3 aromatic carbocycles. The molecule has 0 atom stereocenters. The lowest BCUT2D eigenvalue weighted by Crippen LogP contribution is -2.01. The zero-order valence-electron chi connectivity index (χ0n) is 16.3. The number of hydrogen-bond donors (Lipinski definition) is 1. The molecule has 0 amide bonds. The van der Waals surface area contributed by atoms with E-state index in [0.29, 0.717) is 22.3 Å². The first-order valence-corrected chi connectivity index (χ1v) is 10.5. The number of imidazole rings is 1. The molecule has 0 aliphatic carbocycles. The van der Waals surface area contributed by atoms with Crippen molar-refractivity contribution in [2.45, 2.75) is 6.54 Å². The van der Waals surface area contributed by atoms with Gasteiger partial charge in [0.25, 0.3) is 0 Å². The van der Waals surface area contributed by atoms with Crippen LogP contribution in [0.15, 0.2) is 79.1 Å². The van der Waals surface area contributed by atoms with Gasteiger partial charge in [0, 0.05) is 38.6 Å². The van der Waals surface area contributed by atoms with Gasteiger partial charge in [-0.15, -0.1) is 0 Å². The summed E-state index contributed by atoms with van der Waals surface area (Å²) in [5.41, 5.74) is 5.89. The highest BCUT2D eigenvalue weighted by Crippen LogP contribution is 2.39. The Morgan fingerprint density at radius 3 is 2.42 bits per heavy atom.